The molecular weight excluding hydrogens is 392 g/mol. The van der Waals surface area contributed by atoms with Crippen molar-refractivity contribution in [2.45, 2.75) is 26.9 Å². The normalized spacial score (nSPS) is 10.5. The minimum Gasteiger partial charge on any atom is -0.454 e. The summed E-state index contributed by atoms with van der Waals surface area (Å²) in [6.45, 7) is 3.02. The van der Waals surface area contributed by atoms with Crippen LogP contribution in [-0.2, 0) is 27.4 Å². The molecule has 0 spiro atoms. The molecule has 0 saturated carbocycles. The number of nitrogens with zero attached hydrogens (tertiary/aromatic N) is 2. The number of imide groups is 1. The van der Waals surface area contributed by atoms with E-state index in [2.05, 4.69) is 5.32 Å². The van der Waals surface area contributed by atoms with E-state index in [-0.39, 0.29) is 12.5 Å². The molecule has 0 radical (unpaired) electrons. The fraction of sp³-hybridized carbons (Fsp3) is 0.350. The van der Waals surface area contributed by atoms with Crippen LogP contribution in [-0.4, -0.2) is 40.2 Å². The largest absolute Gasteiger partial charge is 0.454 e. The molecule has 2 aromatic rings. The molecule has 0 aliphatic carbocycles. The van der Waals surface area contributed by atoms with Crippen LogP contribution in [0.25, 0.3) is 0 Å². The Kier molecular flexibility index (Phi) is 8.09. The number of esters is 1. The number of nitrogens with one attached hydrogen (secondary N) is 2. The highest BCUT2D eigenvalue weighted by Gasteiger charge is 2.14. The summed E-state index contributed by atoms with van der Waals surface area (Å²) in [5.41, 5.74) is -0.501. The molecule has 0 bridgehead atoms. The Hall–Kier alpha value is -3.69. The molecule has 1 heterocycles. The fourth-order valence-corrected chi connectivity index (χ4v) is 2.43. The summed E-state index contributed by atoms with van der Waals surface area (Å²) < 4.78 is 6.77. The molecule has 160 valence electrons. The van der Waals surface area contributed by atoms with Crippen LogP contribution in [0, 0.1) is 5.92 Å². The predicted octanol–water partition coefficient (Wildman–Crippen LogP) is 0.0833. The van der Waals surface area contributed by atoms with Gasteiger partial charge in [0.05, 0.1) is 6.54 Å². The maximum atomic E-state index is 12.5. The first-order chi connectivity index (χ1) is 14.3. The average Bonchev–Trinajstić information content (AvgIpc) is 2.71. The second kappa shape index (κ2) is 10.7. The highest BCUT2D eigenvalue weighted by atomic mass is 16.5. The van der Waals surface area contributed by atoms with E-state index >= 15 is 0 Å². The Labute approximate surface area is 172 Å². The number of urea groups is 1. The van der Waals surface area contributed by atoms with Crippen LogP contribution in [0.15, 0.2) is 52.2 Å². The van der Waals surface area contributed by atoms with Crippen molar-refractivity contribution in [2.24, 2.45) is 5.92 Å². The third-order valence-electron chi connectivity index (χ3n) is 3.91. The SMILES string of the molecule is CC(C)CNC(=O)NC(=O)COC(=O)Cn1c(=O)ccn(Cc2ccccc2)c1=O. The van der Waals surface area contributed by atoms with Gasteiger partial charge in [0, 0.05) is 18.8 Å². The number of amides is 3. The fourth-order valence-electron chi connectivity index (χ4n) is 2.43. The lowest BCUT2D eigenvalue weighted by Crippen LogP contribution is -2.43. The first kappa shape index (κ1) is 22.6. The van der Waals surface area contributed by atoms with Crippen molar-refractivity contribution in [2.75, 3.05) is 13.2 Å². The van der Waals surface area contributed by atoms with Crippen molar-refractivity contribution in [3.05, 3.63) is 69.0 Å². The highest BCUT2D eigenvalue weighted by molar-refractivity contribution is 5.95. The third kappa shape index (κ3) is 7.04. The summed E-state index contributed by atoms with van der Waals surface area (Å²) in [5, 5.41) is 4.49. The van der Waals surface area contributed by atoms with E-state index in [0.717, 1.165) is 10.1 Å². The number of rotatable bonds is 8. The van der Waals surface area contributed by atoms with Crippen molar-refractivity contribution in [3.63, 3.8) is 0 Å². The van der Waals surface area contributed by atoms with Gasteiger partial charge < -0.3 is 10.1 Å². The zero-order chi connectivity index (χ0) is 22.1. The zero-order valence-electron chi connectivity index (χ0n) is 16.8. The van der Waals surface area contributed by atoms with Gasteiger partial charge in [-0.25, -0.2) is 14.2 Å². The van der Waals surface area contributed by atoms with Crippen molar-refractivity contribution in [1.82, 2.24) is 19.8 Å². The maximum Gasteiger partial charge on any atom is 0.331 e. The lowest BCUT2D eigenvalue weighted by atomic mass is 10.2. The Balaban J connectivity index is 1.94. The van der Waals surface area contributed by atoms with Crippen LogP contribution in [0.2, 0.25) is 0 Å². The molecule has 0 saturated heterocycles. The summed E-state index contributed by atoms with van der Waals surface area (Å²) >= 11 is 0. The number of benzene rings is 1. The van der Waals surface area contributed by atoms with Crippen molar-refractivity contribution in [1.29, 1.82) is 0 Å². The minimum atomic E-state index is -0.954. The standard InChI is InChI=1S/C20H24N4O6/c1-14(2)10-21-19(28)22-16(25)13-30-18(27)12-24-17(26)8-9-23(20(24)29)11-15-6-4-3-5-7-15/h3-9,14H,10-13H2,1-2H3,(H2,21,22,25,28). The number of aromatic nitrogens is 2. The van der Waals surface area contributed by atoms with Crippen LogP contribution in [0.1, 0.15) is 19.4 Å². The summed E-state index contributed by atoms with van der Waals surface area (Å²) in [6.07, 6.45) is 1.35. The zero-order valence-corrected chi connectivity index (χ0v) is 16.8. The second-order valence-electron chi connectivity index (χ2n) is 6.95. The van der Waals surface area contributed by atoms with Gasteiger partial charge in [0.2, 0.25) is 0 Å². The molecule has 0 aliphatic rings. The number of hydrogen-bond donors (Lipinski definition) is 2. The number of hydrogen-bond acceptors (Lipinski definition) is 6. The summed E-state index contributed by atoms with van der Waals surface area (Å²) in [7, 11) is 0. The van der Waals surface area contributed by atoms with Crippen LogP contribution in [0.5, 0.6) is 0 Å². The molecule has 10 heteroatoms. The van der Waals surface area contributed by atoms with Gasteiger partial charge in [-0.15, -0.1) is 0 Å². The Morgan fingerprint density at radius 1 is 1.07 bits per heavy atom. The van der Waals surface area contributed by atoms with Gasteiger partial charge in [-0.2, -0.15) is 0 Å². The predicted molar refractivity (Wildman–Crippen MR) is 108 cm³/mol. The third-order valence-corrected chi connectivity index (χ3v) is 3.91. The van der Waals surface area contributed by atoms with Gasteiger partial charge in [0.15, 0.2) is 6.61 Å². The van der Waals surface area contributed by atoms with E-state index in [1.807, 2.05) is 49.5 Å². The van der Waals surface area contributed by atoms with E-state index in [0.29, 0.717) is 6.54 Å². The molecule has 0 unspecified atom stereocenters. The van der Waals surface area contributed by atoms with Gasteiger partial charge in [0.25, 0.3) is 11.5 Å². The van der Waals surface area contributed by atoms with E-state index in [9.17, 15) is 24.0 Å². The first-order valence-corrected chi connectivity index (χ1v) is 9.33. The van der Waals surface area contributed by atoms with Crippen molar-refractivity contribution in [3.8, 4) is 0 Å². The molecule has 30 heavy (non-hydrogen) atoms. The molecule has 0 fully saturated rings. The summed E-state index contributed by atoms with van der Waals surface area (Å²) in [6, 6.07) is 9.60. The molecule has 0 atom stereocenters. The van der Waals surface area contributed by atoms with Gasteiger partial charge in [-0.3, -0.25) is 24.3 Å². The molecule has 1 aromatic heterocycles. The van der Waals surface area contributed by atoms with Crippen LogP contribution in [0.4, 0.5) is 4.79 Å². The van der Waals surface area contributed by atoms with Crippen molar-refractivity contribution >= 4 is 17.9 Å². The first-order valence-electron chi connectivity index (χ1n) is 9.33. The number of carbonyl (C=O) groups is 3. The monoisotopic (exact) mass is 416 g/mol. The molecule has 0 aliphatic heterocycles. The number of ether oxygens (including phenoxy) is 1. The highest BCUT2D eigenvalue weighted by Crippen LogP contribution is 1.99. The molecular formula is C20H24N4O6. The van der Waals surface area contributed by atoms with E-state index in [4.69, 9.17) is 4.74 Å². The molecule has 1 aromatic carbocycles. The van der Waals surface area contributed by atoms with Crippen LogP contribution >= 0.6 is 0 Å². The number of carbonyl (C=O) groups excluding carboxylic acids is 3. The summed E-state index contributed by atoms with van der Waals surface area (Å²) in [5.74, 6) is -1.57. The molecule has 2 rings (SSSR count). The van der Waals surface area contributed by atoms with E-state index in [1.165, 1.54) is 16.8 Å². The Morgan fingerprint density at radius 2 is 1.77 bits per heavy atom. The topological polar surface area (TPSA) is 128 Å². The van der Waals surface area contributed by atoms with Gasteiger partial charge in [0.1, 0.15) is 6.54 Å². The maximum absolute atomic E-state index is 12.5. The summed E-state index contributed by atoms with van der Waals surface area (Å²) in [4.78, 5) is 59.7. The second-order valence-corrected chi connectivity index (χ2v) is 6.95. The van der Waals surface area contributed by atoms with E-state index < -0.39 is 42.3 Å². The van der Waals surface area contributed by atoms with Crippen LogP contribution < -0.4 is 21.9 Å². The quantitative estimate of drug-likeness (QED) is 0.587. The minimum absolute atomic E-state index is 0.207. The average molecular weight is 416 g/mol. The van der Waals surface area contributed by atoms with Crippen molar-refractivity contribution < 1.29 is 19.1 Å². The molecule has 3 amide bonds. The smallest absolute Gasteiger partial charge is 0.331 e. The van der Waals surface area contributed by atoms with Gasteiger partial charge in [-0.1, -0.05) is 44.2 Å². The van der Waals surface area contributed by atoms with Gasteiger partial charge in [-0.05, 0) is 11.5 Å². The van der Waals surface area contributed by atoms with Gasteiger partial charge >= 0.3 is 17.7 Å². The van der Waals surface area contributed by atoms with E-state index in [1.54, 1.807) is 0 Å². The molecule has 10 nitrogen and oxygen atoms in total. The molecule has 2 N–H and O–H groups in total. The van der Waals surface area contributed by atoms with Crippen LogP contribution in [0.3, 0.4) is 0 Å². The Bertz CT molecular complexity index is 1010. The Morgan fingerprint density at radius 3 is 2.43 bits per heavy atom. The lowest BCUT2D eigenvalue weighted by Gasteiger charge is -2.11. The lowest BCUT2D eigenvalue weighted by molar-refractivity contribution is -0.149.